The highest BCUT2D eigenvalue weighted by Gasteiger charge is 2.10. The number of nitrogens with zero attached hydrogens (tertiary/aromatic N) is 2. The number of aliphatic hydroxyl groups is 1. The molecular weight excluding hydrogens is 505 g/mol. The van der Waals surface area contributed by atoms with Gasteiger partial charge in [-0.3, -0.25) is 4.99 Å². The molecule has 6 nitrogen and oxygen atoms in total. The molecule has 0 bridgehead atoms. The van der Waals surface area contributed by atoms with E-state index in [0.717, 1.165) is 12.2 Å². The molecule has 2 aromatic rings. The van der Waals surface area contributed by atoms with Crippen LogP contribution in [0.3, 0.4) is 0 Å². The van der Waals surface area contributed by atoms with Gasteiger partial charge in [0.2, 0.25) is 0 Å². The lowest BCUT2D eigenvalue weighted by Gasteiger charge is -2.20. The van der Waals surface area contributed by atoms with Crippen molar-refractivity contribution in [3.8, 4) is 5.75 Å². The summed E-state index contributed by atoms with van der Waals surface area (Å²) in [6.07, 6.45) is -0.849. The number of guanidine groups is 1. The Bertz CT molecular complexity index is 748. The molecule has 9 heteroatoms. The summed E-state index contributed by atoms with van der Waals surface area (Å²) in [6, 6.07) is 16.0. The van der Waals surface area contributed by atoms with Crippen LogP contribution in [0.4, 0.5) is 14.5 Å². The molecule has 0 amide bonds. The van der Waals surface area contributed by atoms with Crippen molar-refractivity contribution in [2.24, 2.45) is 4.99 Å². The van der Waals surface area contributed by atoms with E-state index in [-0.39, 0.29) is 36.3 Å². The second kappa shape index (κ2) is 14.0. The van der Waals surface area contributed by atoms with E-state index in [4.69, 9.17) is 0 Å². The van der Waals surface area contributed by atoms with Crippen molar-refractivity contribution in [1.82, 2.24) is 10.6 Å². The molecule has 0 saturated carbocycles. The van der Waals surface area contributed by atoms with Gasteiger partial charge in [0.1, 0.15) is 5.75 Å². The van der Waals surface area contributed by atoms with Crippen LogP contribution in [0.5, 0.6) is 5.75 Å². The lowest BCUT2D eigenvalue weighted by molar-refractivity contribution is -0.0498. The number of aliphatic hydroxyl groups excluding tert-OH is 1. The number of halogens is 3. The Hall–Kier alpha value is -2.14. The lowest BCUT2D eigenvalue weighted by atomic mass is 10.1. The Balaban J connectivity index is 0.00000450. The predicted molar refractivity (Wildman–Crippen MR) is 127 cm³/mol. The molecule has 1 atom stereocenters. The van der Waals surface area contributed by atoms with Crippen molar-refractivity contribution >= 4 is 35.6 Å². The zero-order chi connectivity index (χ0) is 21.1. The molecule has 0 saturated heterocycles. The lowest BCUT2D eigenvalue weighted by Crippen LogP contribution is -2.41. The van der Waals surface area contributed by atoms with E-state index in [1.54, 1.807) is 12.1 Å². The number of alkyl halides is 2. The van der Waals surface area contributed by atoms with Gasteiger partial charge in [0.15, 0.2) is 5.96 Å². The molecule has 0 aliphatic carbocycles. The molecule has 2 aromatic carbocycles. The average molecular weight is 534 g/mol. The Kier molecular flexibility index (Phi) is 12.1. The van der Waals surface area contributed by atoms with Gasteiger partial charge in [-0.1, -0.05) is 30.3 Å². The van der Waals surface area contributed by atoms with Gasteiger partial charge in [0, 0.05) is 32.4 Å². The molecule has 0 aromatic heterocycles. The summed E-state index contributed by atoms with van der Waals surface area (Å²) in [6.45, 7) is 1.38. The highest BCUT2D eigenvalue weighted by atomic mass is 127. The number of nitrogens with one attached hydrogen (secondary N) is 2. The fraction of sp³-hybridized carbons (Fsp3) is 0.381. The molecule has 1 unspecified atom stereocenters. The first-order chi connectivity index (χ1) is 14.0. The highest BCUT2D eigenvalue weighted by molar-refractivity contribution is 14.0. The van der Waals surface area contributed by atoms with E-state index in [2.05, 4.69) is 25.3 Å². The second-order valence-electron chi connectivity index (χ2n) is 6.37. The Morgan fingerprint density at radius 3 is 2.37 bits per heavy atom. The van der Waals surface area contributed by atoms with E-state index in [0.29, 0.717) is 24.6 Å². The largest absolute Gasteiger partial charge is 0.435 e. The van der Waals surface area contributed by atoms with E-state index in [1.165, 1.54) is 12.1 Å². The zero-order valence-electron chi connectivity index (χ0n) is 17.1. The Morgan fingerprint density at radius 1 is 1.10 bits per heavy atom. The summed E-state index contributed by atoms with van der Waals surface area (Å²) in [5, 5.41) is 16.7. The van der Waals surface area contributed by atoms with Crippen LogP contribution in [0.25, 0.3) is 0 Å². The van der Waals surface area contributed by atoms with Gasteiger partial charge in [-0.2, -0.15) is 8.78 Å². The van der Waals surface area contributed by atoms with Gasteiger partial charge >= 0.3 is 6.61 Å². The zero-order valence-corrected chi connectivity index (χ0v) is 19.4. The minimum absolute atomic E-state index is 0. The molecule has 0 radical (unpaired) electrons. The molecular formula is C21H29F2IN4O2. The van der Waals surface area contributed by atoms with Crippen LogP contribution in [0.1, 0.15) is 18.6 Å². The number of hydrogen-bond acceptors (Lipinski definition) is 4. The van der Waals surface area contributed by atoms with Crippen LogP contribution in [0.2, 0.25) is 0 Å². The van der Waals surface area contributed by atoms with E-state index >= 15 is 0 Å². The average Bonchev–Trinajstić information content (AvgIpc) is 2.72. The maximum atomic E-state index is 12.2. The summed E-state index contributed by atoms with van der Waals surface area (Å²) < 4.78 is 28.7. The second-order valence-corrected chi connectivity index (χ2v) is 6.37. The number of ether oxygens (including phenoxy) is 1. The monoisotopic (exact) mass is 534 g/mol. The van der Waals surface area contributed by atoms with Crippen molar-refractivity contribution in [2.45, 2.75) is 19.6 Å². The van der Waals surface area contributed by atoms with E-state index in [1.807, 2.05) is 44.3 Å². The van der Waals surface area contributed by atoms with Crippen molar-refractivity contribution in [3.05, 3.63) is 60.2 Å². The molecule has 30 heavy (non-hydrogen) atoms. The van der Waals surface area contributed by atoms with Crippen LogP contribution in [0.15, 0.2) is 59.6 Å². The molecule has 0 aliphatic heterocycles. The number of aliphatic imine (C=N–C) groups is 1. The van der Waals surface area contributed by atoms with Gasteiger partial charge in [0.05, 0.1) is 12.6 Å². The fourth-order valence-electron chi connectivity index (χ4n) is 2.65. The predicted octanol–water partition coefficient (Wildman–Crippen LogP) is 3.63. The van der Waals surface area contributed by atoms with Crippen LogP contribution in [-0.2, 0) is 0 Å². The van der Waals surface area contributed by atoms with Gasteiger partial charge in [-0.25, -0.2) is 0 Å². The first-order valence-corrected chi connectivity index (χ1v) is 9.50. The summed E-state index contributed by atoms with van der Waals surface area (Å²) in [4.78, 5) is 6.54. The maximum absolute atomic E-state index is 12.2. The number of likely N-dealkylation sites (N-methyl/N-ethyl adjacent to an activating group) is 1. The number of benzene rings is 2. The minimum atomic E-state index is -2.87. The van der Waals surface area contributed by atoms with E-state index < -0.39 is 12.7 Å². The third kappa shape index (κ3) is 9.12. The van der Waals surface area contributed by atoms with Gasteiger partial charge in [0.25, 0.3) is 0 Å². The Morgan fingerprint density at radius 2 is 1.77 bits per heavy atom. The smallest absolute Gasteiger partial charge is 0.387 e. The van der Waals surface area contributed by atoms with Crippen LogP contribution < -0.4 is 20.3 Å². The molecule has 3 N–H and O–H groups in total. The van der Waals surface area contributed by atoms with Crippen LogP contribution in [-0.4, -0.2) is 50.9 Å². The van der Waals surface area contributed by atoms with E-state index in [9.17, 15) is 13.9 Å². The first kappa shape index (κ1) is 25.9. The maximum Gasteiger partial charge on any atom is 0.387 e. The molecule has 166 valence electrons. The number of rotatable bonds is 10. The standard InChI is InChI=1S/C21H28F2N4O2.HI/c1-3-24-21(25-13-14-27(2)17-7-5-4-6-8-17)26-15-19(28)16-9-11-18(12-10-16)29-20(22)23;/h4-12,19-20,28H,3,13-15H2,1-2H3,(H2,24,25,26);1H. The summed E-state index contributed by atoms with van der Waals surface area (Å²) in [5.74, 6) is 0.655. The fourth-order valence-corrected chi connectivity index (χ4v) is 2.65. The van der Waals surface area contributed by atoms with Crippen molar-refractivity contribution in [2.75, 3.05) is 38.1 Å². The van der Waals surface area contributed by atoms with Gasteiger partial charge in [-0.05, 0) is 36.8 Å². The SMILES string of the molecule is CCNC(=NCC(O)c1ccc(OC(F)F)cc1)NCCN(C)c1ccccc1.I. The molecule has 0 spiro atoms. The minimum Gasteiger partial charge on any atom is -0.435 e. The van der Waals surface area contributed by atoms with Gasteiger partial charge < -0.3 is 25.4 Å². The topological polar surface area (TPSA) is 69.1 Å². The first-order valence-electron chi connectivity index (χ1n) is 9.50. The molecule has 0 aliphatic rings. The molecule has 0 fully saturated rings. The number of hydrogen-bond donors (Lipinski definition) is 3. The number of anilines is 1. The molecule has 2 rings (SSSR count). The van der Waals surface area contributed by atoms with Crippen molar-refractivity contribution < 1.29 is 18.6 Å². The van der Waals surface area contributed by atoms with Crippen LogP contribution in [0, 0.1) is 0 Å². The quantitative estimate of drug-likeness (QED) is 0.247. The Labute approximate surface area is 193 Å². The summed E-state index contributed by atoms with van der Waals surface area (Å²) >= 11 is 0. The normalized spacial score (nSPS) is 12.1. The third-order valence-electron chi connectivity index (χ3n) is 4.19. The highest BCUT2D eigenvalue weighted by Crippen LogP contribution is 2.19. The van der Waals surface area contributed by atoms with Crippen molar-refractivity contribution in [1.29, 1.82) is 0 Å². The van der Waals surface area contributed by atoms with Crippen LogP contribution >= 0.6 is 24.0 Å². The van der Waals surface area contributed by atoms with Crippen molar-refractivity contribution in [3.63, 3.8) is 0 Å². The third-order valence-corrected chi connectivity index (χ3v) is 4.19. The summed E-state index contributed by atoms with van der Waals surface area (Å²) in [7, 11) is 2.02. The van der Waals surface area contributed by atoms with Gasteiger partial charge in [-0.15, -0.1) is 24.0 Å². The number of para-hydroxylation sites is 1. The summed E-state index contributed by atoms with van der Waals surface area (Å²) in [5.41, 5.74) is 1.71. The molecule has 0 heterocycles.